The molecule has 1 N–H and O–H groups in total. The highest BCUT2D eigenvalue weighted by atomic mass is 16.5. The lowest BCUT2D eigenvalue weighted by atomic mass is 10.0. The van der Waals surface area contributed by atoms with E-state index in [2.05, 4.69) is 37.4 Å². The summed E-state index contributed by atoms with van der Waals surface area (Å²) in [6.45, 7) is 5.58. The zero-order chi connectivity index (χ0) is 12.5. The zero-order valence-corrected chi connectivity index (χ0v) is 11.3. The molecular weight excluding hydrogens is 210 g/mol. The summed E-state index contributed by atoms with van der Waals surface area (Å²) < 4.78 is 5.24. The molecule has 2 nitrogen and oxygen atoms in total. The van der Waals surface area contributed by atoms with Crippen LogP contribution in [-0.2, 0) is 6.42 Å². The second-order valence-corrected chi connectivity index (χ2v) is 4.45. The molecular formula is C15H25NO. The smallest absolute Gasteiger partial charge is 0.119 e. The standard InChI is InChI=1S/C15H25NO/c1-4-11-16-14(5-2)10-9-13-7-6-8-15(12-13)17-3/h6-8,12,14,16H,4-5,9-11H2,1-3H3. The Bertz CT molecular complexity index is 312. The molecule has 0 radical (unpaired) electrons. The summed E-state index contributed by atoms with van der Waals surface area (Å²) in [5.41, 5.74) is 1.36. The Kier molecular flexibility index (Phi) is 6.71. The van der Waals surface area contributed by atoms with Crippen LogP contribution in [0.25, 0.3) is 0 Å². The molecule has 0 bridgehead atoms. The van der Waals surface area contributed by atoms with Crippen LogP contribution >= 0.6 is 0 Å². The van der Waals surface area contributed by atoms with E-state index < -0.39 is 0 Å². The van der Waals surface area contributed by atoms with Crippen LogP contribution < -0.4 is 10.1 Å². The van der Waals surface area contributed by atoms with Gasteiger partial charge in [-0.2, -0.15) is 0 Å². The van der Waals surface area contributed by atoms with Gasteiger partial charge in [-0.3, -0.25) is 0 Å². The van der Waals surface area contributed by atoms with Gasteiger partial charge in [0.1, 0.15) is 5.75 Å². The largest absolute Gasteiger partial charge is 0.497 e. The first-order valence-corrected chi connectivity index (χ1v) is 6.66. The third kappa shape index (κ3) is 5.22. The Balaban J connectivity index is 2.41. The molecule has 1 aromatic rings. The summed E-state index contributed by atoms with van der Waals surface area (Å²) in [7, 11) is 1.72. The Morgan fingerprint density at radius 2 is 2.12 bits per heavy atom. The second kappa shape index (κ2) is 8.13. The van der Waals surface area contributed by atoms with Crippen molar-refractivity contribution in [2.45, 2.75) is 45.6 Å². The monoisotopic (exact) mass is 235 g/mol. The Hall–Kier alpha value is -1.02. The third-order valence-corrected chi connectivity index (χ3v) is 3.09. The summed E-state index contributed by atoms with van der Waals surface area (Å²) >= 11 is 0. The predicted molar refractivity (Wildman–Crippen MR) is 73.7 cm³/mol. The maximum absolute atomic E-state index is 5.24. The molecule has 0 aliphatic carbocycles. The molecule has 0 saturated heterocycles. The molecule has 1 aromatic carbocycles. The first-order chi connectivity index (χ1) is 8.30. The van der Waals surface area contributed by atoms with Gasteiger partial charge in [-0.25, -0.2) is 0 Å². The molecule has 0 amide bonds. The van der Waals surface area contributed by atoms with Crippen LogP contribution in [0.1, 0.15) is 38.7 Å². The summed E-state index contributed by atoms with van der Waals surface area (Å²) in [5.74, 6) is 0.956. The number of aryl methyl sites for hydroxylation is 1. The number of methoxy groups -OCH3 is 1. The van der Waals surface area contributed by atoms with Crippen molar-refractivity contribution in [3.63, 3.8) is 0 Å². The van der Waals surface area contributed by atoms with Crippen LogP contribution in [0.15, 0.2) is 24.3 Å². The highest BCUT2D eigenvalue weighted by molar-refractivity contribution is 5.28. The fourth-order valence-corrected chi connectivity index (χ4v) is 1.97. The maximum atomic E-state index is 5.24. The van der Waals surface area contributed by atoms with Gasteiger partial charge >= 0.3 is 0 Å². The minimum absolute atomic E-state index is 0.640. The molecule has 0 aliphatic heterocycles. The average Bonchev–Trinajstić information content (AvgIpc) is 2.39. The number of nitrogens with one attached hydrogen (secondary N) is 1. The lowest BCUT2D eigenvalue weighted by molar-refractivity contribution is 0.413. The maximum Gasteiger partial charge on any atom is 0.119 e. The molecule has 0 saturated carbocycles. The van der Waals surface area contributed by atoms with E-state index in [0.717, 1.165) is 18.7 Å². The van der Waals surface area contributed by atoms with Crippen LogP contribution in [0.4, 0.5) is 0 Å². The first-order valence-electron chi connectivity index (χ1n) is 6.66. The van der Waals surface area contributed by atoms with Gasteiger partial charge < -0.3 is 10.1 Å². The van der Waals surface area contributed by atoms with E-state index in [0.29, 0.717) is 6.04 Å². The molecule has 1 unspecified atom stereocenters. The van der Waals surface area contributed by atoms with Gasteiger partial charge in [0.15, 0.2) is 0 Å². The zero-order valence-electron chi connectivity index (χ0n) is 11.3. The van der Waals surface area contributed by atoms with Crippen molar-refractivity contribution in [2.24, 2.45) is 0 Å². The van der Waals surface area contributed by atoms with Crippen molar-refractivity contribution >= 4 is 0 Å². The molecule has 0 spiro atoms. The van der Waals surface area contributed by atoms with Crippen molar-refractivity contribution in [3.05, 3.63) is 29.8 Å². The molecule has 96 valence electrons. The molecule has 1 rings (SSSR count). The van der Waals surface area contributed by atoms with Gasteiger partial charge in [0.05, 0.1) is 7.11 Å². The van der Waals surface area contributed by atoms with Crippen molar-refractivity contribution < 1.29 is 4.74 Å². The summed E-state index contributed by atoms with van der Waals surface area (Å²) in [6.07, 6.45) is 4.72. The van der Waals surface area contributed by atoms with Crippen molar-refractivity contribution in [3.8, 4) is 5.75 Å². The highest BCUT2D eigenvalue weighted by Crippen LogP contribution is 2.15. The van der Waals surface area contributed by atoms with Gasteiger partial charge in [0, 0.05) is 6.04 Å². The lowest BCUT2D eigenvalue weighted by Gasteiger charge is -2.16. The minimum atomic E-state index is 0.640. The molecule has 1 atom stereocenters. The van der Waals surface area contributed by atoms with Gasteiger partial charge in [0.2, 0.25) is 0 Å². The van der Waals surface area contributed by atoms with E-state index in [-0.39, 0.29) is 0 Å². The third-order valence-electron chi connectivity index (χ3n) is 3.09. The topological polar surface area (TPSA) is 21.3 Å². The van der Waals surface area contributed by atoms with E-state index in [1.54, 1.807) is 7.11 Å². The lowest BCUT2D eigenvalue weighted by Crippen LogP contribution is -2.29. The minimum Gasteiger partial charge on any atom is -0.497 e. The fourth-order valence-electron chi connectivity index (χ4n) is 1.97. The van der Waals surface area contributed by atoms with Crippen LogP contribution in [0.5, 0.6) is 5.75 Å². The SMILES string of the molecule is CCCNC(CC)CCc1cccc(OC)c1. The van der Waals surface area contributed by atoms with E-state index >= 15 is 0 Å². The van der Waals surface area contributed by atoms with Crippen molar-refractivity contribution in [1.29, 1.82) is 0 Å². The number of hydrogen-bond acceptors (Lipinski definition) is 2. The molecule has 2 heteroatoms. The Labute approximate surface area is 105 Å². The van der Waals surface area contributed by atoms with Crippen molar-refractivity contribution in [1.82, 2.24) is 5.32 Å². The number of rotatable bonds is 8. The van der Waals surface area contributed by atoms with Gasteiger partial charge in [-0.1, -0.05) is 26.0 Å². The van der Waals surface area contributed by atoms with Gasteiger partial charge in [0.25, 0.3) is 0 Å². The van der Waals surface area contributed by atoms with Crippen LogP contribution in [0, 0.1) is 0 Å². The Morgan fingerprint density at radius 1 is 1.29 bits per heavy atom. The molecule has 0 aliphatic rings. The van der Waals surface area contributed by atoms with E-state index in [9.17, 15) is 0 Å². The van der Waals surface area contributed by atoms with E-state index in [1.807, 2.05) is 6.07 Å². The normalized spacial score (nSPS) is 12.4. The number of ether oxygens (including phenoxy) is 1. The second-order valence-electron chi connectivity index (χ2n) is 4.45. The van der Waals surface area contributed by atoms with Crippen LogP contribution in [-0.4, -0.2) is 19.7 Å². The highest BCUT2D eigenvalue weighted by Gasteiger charge is 2.05. The predicted octanol–water partition coefficient (Wildman–Crippen LogP) is 3.41. The first kappa shape index (κ1) is 14.0. The van der Waals surface area contributed by atoms with E-state index in [4.69, 9.17) is 4.74 Å². The van der Waals surface area contributed by atoms with Crippen LogP contribution in [0.2, 0.25) is 0 Å². The van der Waals surface area contributed by atoms with Gasteiger partial charge in [-0.15, -0.1) is 0 Å². The van der Waals surface area contributed by atoms with Crippen LogP contribution in [0.3, 0.4) is 0 Å². The van der Waals surface area contributed by atoms with Crippen molar-refractivity contribution in [2.75, 3.05) is 13.7 Å². The fraction of sp³-hybridized carbons (Fsp3) is 0.600. The molecule has 17 heavy (non-hydrogen) atoms. The molecule has 0 heterocycles. The quantitative estimate of drug-likeness (QED) is 0.745. The summed E-state index contributed by atoms with van der Waals surface area (Å²) in [6, 6.07) is 9.01. The van der Waals surface area contributed by atoms with Gasteiger partial charge in [-0.05, 0) is 49.9 Å². The average molecular weight is 235 g/mol. The summed E-state index contributed by atoms with van der Waals surface area (Å²) in [5, 5.41) is 3.59. The molecule has 0 aromatic heterocycles. The Morgan fingerprint density at radius 3 is 2.76 bits per heavy atom. The number of benzene rings is 1. The summed E-state index contributed by atoms with van der Waals surface area (Å²) in [4.78, 5) is 0. The molecule has 0 fully saturated rings. The number of hydrogen-bond donors (Lipinski definition) is 1. The van der Waals surface area contributed by atoms with E-state index in [1.165, 1.54) is 24.8 Å².